The van der Waals surface area contributed by atoms with Crippen LogP contribution in [0.3, 0.4) is 0 Å². The third-order valence-electron chi connectivity index (χ3n) is 6.38. The van der Waals surface area contributed by atoms with E-state index in [1.54, 1.807) is 6.92 Å². The molecule has 7 atom stereocenters. The minimum atomic E-state index is -0.891. The summed E-state index contributed by atoms with van der Waals surface area (Å²) in [6.07, 6.45) is 6.10. The first kappa shape index (κ1) is 21.1. The first-order valence-corrected chi connectivity index (χ1v) is 10.2. The number of esters is 2. The molecule has 2 aliphatic heterocycles. The van der Waals surface area contributed by atoms with Gasteiger partial charge >= 0.3 is 11.9 Å². The average Bonchev–Trinajstić information content (AvgIpc) is 3.13. The van der Waals surface area contributed by atoms with Gasteiger partial charge in [0, 0.05) is 18.4 Å². The summed E-state index contributed by atoms with van der Waals surface area (Å²) < 4.78 is 17.2. The Labute approximate surface area is 166 Å². The minimum absolute atomic E-state index is 0.0238. The Morgan fingerprint density at radius 3 is 2.79 bits per heavy atom. The van der Waals surface area contributed by atoms with E-state index in [0.29, 0.717) is 24.8 Å². The Morgan fingerprint density at radius 1 is 1.39 bits per heavy atom. The van der Waals surface area contributed by atoms with Crippen molar-refractivity contribution in [2.45, 2.75) is 89.3 Å². The Morgan fingerprint density at radius 2 is 2.11 bits per heavy atom. The zero-order chi connectivity index (χ0) is 20.7. The summed E-state index contributed by atoms with van der Waals surface area (Å²) in [6.45, 7) is 11.1. The van der Waals surface area contributed by atoms with Gasteiger partial charge in [0.15, 0.2) is 0 Å². The molecule has 6 heteroatoms. The van der Waals surface area contributed by atoms with E-state index in [4.69, 9.17) is 14.2 Å². The van der Waals surface area contributed by atoms with Crippen LogP contribution >= 0.6 is 0 Å². The lowest BCUT2D eigenvalue weighted by molar-refractivity contribution is -0.165. The number of fused-ring (bicyclic) bond motifs is 2. The van der Waals surface area contributed by atoms with Crippen LogP contribution in [0.5, 0.6) is 0 Å². The van der Waals surface area contributed by atoms with Gasteiger partial charge in [0.05, 0.1) is 17.3 Å². The highest BCUT2D eigenvalue weighted by Gasteiger charge is 2.56. The van der Waals surface area contributed by atoms with Crippen molar-refractivity contribution < 1.29 is 28.9 Å². The molecule has 2 fully saturated rings. The molecule has 3 rings (SSSR count). The second-order valence-electron chi connectivity index (χ2n) is 9.06. The SMILES string of the molecule is C=C1C(=O)O[C@H]2[C@H](OC(C)=O)[C@@H](C)CCC[C@](C)(O)/C=C/C[C@@]3(C)O[C@@H]3C[C@@H]12. The number of aliphatic hydroxyl groups is 1. The van der Waals surface area contributed by atoms with Crippen molar-refractivity contribution in [3.05, 3.63) is 24.3 Å². The molecular weight excluding hydrogens is 360 g/mol. The Hall–Kier alpha value is -1.66. The second-order valence-corrected chi connectivity index (χ2v) is 9.06. The molecule has 0 unspecified atom stereocenters. The smallest absolute Gasteiger partial charge is 0.334 e. The van der Waals surface area contributed by atoms with Crippen LogP contribution in [0.2, 0.25) is 0 Å². The first-order chi connectivity index (χ1) is 13.0. The monoisotopic (exact) mass is 392 g/mol. The lowest BCUT2D eigenvalue weighted by atomic mass is 9.81. The van der Waals surface area contributed by atoms with Crippen LogP contribution in [0.15, 0.2) is 24.3 Å². The maximum Gasteiger partial charge on any atom is 0.334 e. The van der Waals surface area contributed by atoms with Crippen molar-refractivity contribution in [2.75, 3.05) is 0 Å². The third kappa shape index (κ3) is 4.49. The van der Waals surface area contributed by atoms with E-state index in [9.17, 15) is 14.7 Å². The molecule has 0 aromatic heterocycles. The minimum Gasteiger partial charge on any atom is -0.458 e. The lowest BCUT2D eigenvalue weighted by Gasteiger charge is -2.31. The average molecular weight is 392 g/mol. The first-order valence-electron chi connectivity index (χ1n) is 10.2. The number of epoxide rings is 1. The van der Waals surface area contributed by atoms with Gasteiger partial charge in [-0.2, -0.15) is 0 Å². The van der Waals surface area contributed by atoms with Crippen LogP contribution in [0.4, 0.5) is 0 Å². The fraction of sp³-hybridized carbons (Fsp3) is 0.727. The van der Waals surface area contributed by atoms with Gasteiger partial charge in [0.2, 0.25) is 0 Å². The summed E-state index contributed by atoms with van der Waals surface area (Å²) in [7, 11) is 0. The van der Waals surface area contributed by atoms with Crippen molar-refractivity contribution in [3.63, 3.8) is 0 Å². The lowest BCUT2D eigenvalue weighted by Crippen LogP contribution is -2.40. The standard InChI is InChI=1S/C22H32O6/c1-13-8-6-9-21(4,25)10-7-11-22(5)17(28-22)12-16-14(2)20(24)27-19(16)18(13)26-15(3)23/h7,10,13,16-19,25H,2,6,8-9,11-12H2,1,3-5H3/b10-7+/t13-,16-,17+,18+,19+,21-,22+/m0/s1. The molecule has 0 aromatic carbocycles. The maximum absolute atomic E-state index is 12.3. The van der Waals surface area contributed by atoms with Crippen molar-refractivity contribution in [2.24, 2.45) is 11.8 Å². The molecular formula is C22H32O6. The third-order valence-corrected chi connectivity index (χ3v) is 6.38. The Balaban J connectivity index is 1.89. The van der Waals surface area contributed by atoms with E-state index in [1.807, 2.05) is 26.0 Å². The number of ether oxygens (including phenoxy) is 3. The molecule has 1 N–H and O–H groups in total. The number of hydrogen-bond acceptors (Lipinski definition) is 6. The fourth-order valence-corrected chi connectivity index (χ4v) is 4.48. The van der Waals surface area contributed by atoms with Crippen molar-refractivity contribution >= 4 is 11.9 Å². The van der Waals surface area contributed by atoms with Gasteiger partial charge in [-0.3, -0.25) is 4.79 Å². The molecule has 0 aromatic rings. The van der Waals surface area contributed by atoms with Gasteiger partial charge in [-0.1, -0.05) is 25.7 Å². The number of carbonyl (C=O) groups excluding carboxylic acids is 2. The van der Waals surface area contributed by atoms with Crippen molar-refractivity contribution in [3.8, 4) is 0 Å². The predicted octanol–water partition coefficient (Wildman–Crippen LogP) is 3.08. The number of hydrogen-bond donors (Lipinski definition) is 1. The van der Waals surface area contributed by atoms with E-state index < -0.39 is 29.7 Å². The van der Waals surface area contributed by atoms with Crippen LogP contribution in [0.1, 0.15) is 59.8 Å². The van der Waals surface area contributed by atoms with Gasteiger partial charge in [0.1, 0.15) is 12.2 Å². The highest BCUT2D eigenvalue weighted by atomic mass is 16.6. The van der Waals surface area contributed by atoms with Crippen molar-refractivity contribution in [1.82, 2.24) is 0 Å². The largest absolute Gasteiger partial charge is 0.458 e. The van der Waals surface area contributed by atoms with Crippen molar-refractivity contribution in [1.29, 1.82) is 0 Å². The molecule has 156 valence electrons. The molecule has 0 bridgehead atoms. The zero-order valence-corrected chi connectivity index (χ0v) is 17.3. The highest BCUT2D eigenvalue weighted by molar-refractivity contribution is 5.91. The predicted molar refractivity (Wildman–Crippen MR) is 103 cm³/mol. The molecule has 1 aliphatic carbocycles. The van der Waals surface area contributed by atoms with E-state index in [-0.39, 0.29) is 23.5 Å². The summed E-state index contributed by atoms with van der Waals surface area (Å²) in [4.78, 5) is 24.0. The molecule has 0 spiro atoms. The number of carbonyl (C=O) groups is 2. The molecule has 6 nitrogen and oxygen atoms in total. The molecule has 2 heterocycles. The van der Waals surface area contributed by atoms with E-state index >= 15 is 0 Å². The molecule has 2 saturated heterocycles. The quantitative estimate of drug-likeness (QED) is 0.319. The molecule has 0 saturated carbocycles. The summed E-state index contributed by atoms with van der Waals surface area (Å²) in [5, 5.41) is 10.6. The second kappa shape index (κ2) is 7.64. The topological polar surface area (TPSA) is 85.4 Å². The van der Waals surface area contributed by atoms with E-state index in [2.05, 4.69) is 6.58 Å². The van der Waals surface area contributed by atoms with Crippen LogP contribution in [0.25, 0.3) is 0 Å². The Bertz CT molecular complexity index is 681. The van der Waals surface area contributed by atoms with Gasteiger partial charge < -0.3 is 19.3 Å². The summed E-state index contributed by atoms with van der Waals surface area (Å²) >= 11 is 0. The van der Waals surface area contributed by atoms with Gasteiger partial charge in [0.25, 0.3) is 0 Å². The highest BCUT2D eigenvalue weighted by Crippen LogP contribution is 2.47. The molecule has 28 heavy (non-hydrogen) atoms. The van der Waals surface area contributed by atoms with Gasteiger partial charge in [-0.15, -0.1) is 0 Å². The van der Waals surface area contributed by atoms with Crippen LogP contribution in [0, 0.1) is 11.8 Å². The van der Waals surface area contributed by atoms with Gasteiger partial charge in [-0.25, -0.2) is 4.79 Å². The van der Waals surface area contributed by atoms with Crippen LogP contribution < -0.4 is 0 Å². The van der Waals surface area contributed by atoms with E-state index in [1.165, 1.54) is 6.92 Å². The number of rotatable bonds is 1. The van der Waals surface area contributed by atoms with Crippen LogP contribution in [-0.4, -0.2) is 46.6 Å². The van der Waals surface area contributed by atoms with E-state index in [0.717, 1.165) is 12.8 Å². The molecule has 0 radical (unpaired) electrons. The fourth-order valence-electron chi connectivity index (χ4n) is 4.48. The Kier molecular flexibility index (Phi) is 5.74. The molecule has 3 aliphatic rings. The van der Waals surface area contributed by atoms with Crippen LogP contribution in [-0.2, 0) is 23.8 Å². The summed E-state index contributed by atoms with van der Waals surface area (Å²) in [6, 6.07) is 0. The zero-order valence-electron chi connectivity index (χ0n) is 17.3. The molecule has 0 amide bonds. The summed E-state index contributed by atoms with van der Waals surface area (Å²) in [5.41, 5.74) is -0.786. The normalized spacial score (nSPS) is 45.2. The maximum atomic E-state index is 12.3. The summed E-state index contributed by atoms with van der Waals surface area (Å²) in [5.74, 6) is -1.08. The van der Waals surface area contributed by atoms with Gasteiger partial charge in [-0.05, 0) is 51.9 Å².